The predicted molar refractivity (Wildman–Crippen MR) is 98.7 cm³/mol. The zero-order valence-corrected chi connectivity index (χ0v) is 15.0. The second-order valence-corrected chi connectivity index (χ2v) is 7.25. The third kappa shape index (κ3) is 4.69. The number of thioether (sulfide) groups is 1. The topological polar surface area (TPSA) is 35.6 Å². The van der Waals surface area contributed by atoms with Gasteiger partial charge in [0.25, 0.3) is 0 Å². The van der Waals surface area contributed by atoms with Crippen molar-refractivity contribution >= 4 is 39.9 Å². The van der Waals surface area contributed by atoms with E-state index in [2.05, 4.69) is 22.2 Å². The molecule has 1 aliphatic heterocycles. The Labute approximate surface area is 142 Å². The van der Waals surface area contributed by atoms with Crippen LogP contribution < -0.4 is 5.32 Å². The molecule has 1 heterocycles. The van der Waals surface area contributed by atoms with Gasteiger partial charge in [0.05, 0.1) is 5.75 Å². The Bertz CT molecular complexity index is 554. The monoisotopic (exact) mass is 337 g/mol. The van der Waals surface area contributed by atoms with Crippen molar-refractivity contribution in [3.63, 3.8) is 0 Å². The first-order chi connectivity index (χ1) is 10.5. The number of aryl methyl sites for hydroxylation is 1. The summed E-state index contributed by atoms with van der Waals surface area (Å²) >= 11 is 6.88. The van der Waals surface area contributed by atoms with Crippen LogP contribution in [0.5, 0.6) is 0 Å². The maximum Gasteiger partial charge on any atom is 0.234 e. The minimum absolute atomic E-state index is 0.00447. The lowest BCUT2D eigenvalue weighted by Crippen LogP contribution is -2.46. The summed E-state index contributed by atoms with van der Waals surface area (Å²) < 4.78 is 0.823. The number of rotatable bonds is 3. The van der Waals surface area contributed by atoms with Gasteiger partial charge in [-0.2, -0.15) is 0 Å². The van der Waals surface area contributed by atoms with Crippen molar-refractivity contribution in [2.45, 2.75) is 13.8 Å². The molecule has 0 aromatic heterocycles. The summed E-state index contributed by atoms with van der Waals surface area (Å²) in [5.41, 5.74) is 3.18. The zero-order valence-electron chi connectivity index (χ0n) is 13.4. The lowest BCUT2D eigenvalue weighted by atomic mass is 10.1. The van der Waals surface area contributed by atoms with Gasteiger partial charge in [-0.3, -0.25) is 4.79 Å². The number of amides is 1. The number of carbonyl (C=O) groups excluding carboxylic acids is 1. The van der Waals surface area contributed by atoms with Crippen molar-refractivity contribution in [3.05, 3.63) is 29.3 Å². The molecule has 1 saturated heterocycles. The highest BCUT2D eigenvalue weighted by Gasteiger charge is 2.17. The molecule has 4 nitrogen and oxygen atoms in total. The fourth-order valence-corrected chi connectivity index (χ4v) is 3.33. The highest BCUT2D eigenvalue weighted by Crippen LogP contribution is 2.19. The van der Waals surface area contributed by atoms with Crippen molar-refractivity contribution in [1.29, 1.82) is 0 Å². The molecule has 1 aliphatic rings. The van der Waals surface area contributed by atoms with E-state index in [4.69, 9.17) is 12.2 Å². The molecule has 0 aliphatic carbocycles. The SMILES string of the molecule is Cc1cccc(NC(=O)CSC(=S)N2CCN(C)CC2)c1C. The molecule has 120 valence electrons. The number of carbonyl (C=O) groups is 1. The molecule has 0 radical (unpaired) electrons. The minimum atomic E-state index is -0.00447. The maximum atomic E-state index is 12.1. The van der Waals surface area contributed by atoms with E-state index >= 15 is 0 Å². The Balaban J connectivity index is 1.80. The molecule has 6 heteroatoms. The second kappa shape index (κ2) is 7.94. The summed E-state index contributed by atoms with van der Waals surface area (Å²) in [7, 11) is 2.12. The van der Waals surface area contributed by atoms with Crippen molar-refractivity contribution in [1.82, 2.24) is 9.80 Å². The van der Waals surface area contributed by atoms with E-state index in [1.54, 1.807) is 0 Å². The Hall–Kier alpha value is -1.11. The highest BCUT2D eigenvalue weighted by molar-refractivity contribution is 8.23. The number of nitrogens with zero attached hydrogens (tertiary/aromatic N) is 2. The van der Waals surface area contributed by atoms with Gasteiger partial charge in [-0.25, -0.2) is 0 Å². The average molecular weight is 338 g/mol. The van der Waals surface area contributed by atoms with Crippen molar-refractivity contribution in [2.24, 2.45) is 0 Å². The first kappa shape index (κ1) is 17.2. The van der Waals surface area contributed by atoms with Crippen LogP contribution in [0.2, 0.25) is 0 Å². The van der Waals surface area contributed by atoms with Crippen LogP contribution in [0.15, 0.2) is 18.2 Å². The fourth-order valence-electron chi connectivity index (χ4n) is 2.28. The summed E-state index contributed by atoms with van der Waals surface area (Å²) in [6.45, 7) is 8.00. The van der Waals surface area contributed by atoms with Gasteiger partial charge in [0.2, 0.25) is 5.91 Å². The highest BCUT2D eigenvalue weighted by atomic mass is 32.2. The van der Waals surface area contributed by atoms with E-state index in [1.165, 1.54) is 17.3 Å². The van der Waals surface area contributed by atoms with Crippen LogP contribution in [0.3, 0.4) is 0 Å². The van der Waals surface area contributed by atoms with Crippen LogP contribution >= 0.6 is 24.0 Å². The maximum absolute atomic E-state index is 12.1. The van der Waals surface area contributed by atoms with Crippen LogP contribution in [0.1, 0.15) is 11.1 Å². The standard InChI is InChI=1S/C16H23N3OS2/c1-12-5-4-6-14(13(12)2)17-15(20)11-22-16(21)19-9-7-18(3)8-10-19/h4-6H,7-11H2,1-3H3,(H,17,20). The Kier molecular flexibility index (Phi) is 6.23. The van der Waals surface area contributed by atoms with E-state index in [0.717, 1.165) is 41.8 Å². The van der Waals surface area contributed by atoms with E-state index < -0.39 is 0 Å². The molecular weight excluding hydrogens is 314 g/mol. The molecule has 1 N–H and O–H groups in total. The lowest BCUT2D eigenvalue weighted by molar-refractivity contribution is -0.113. The van der Waals surface area contributed by atoms with E-state index in [-0.39, 0.29) is 5.91 Å². The molecule has 0 bridgehead atoms. The molecule has 22 heavy (non-hydrogen) atoms. The smallest absolute Gasteiger partial charge is 0.234 e. The summed E-state index contributed by atoms with van der Waals surface area (Å²) in [5.74, 6) is 0.355. The average Bonchev–Trinajstić information content (AvgIpc) is 2.50. The summed E-state index contributed by atoms with van der Waals surface area (Å²) in [6.07, 6.45) is 0. The first-order valence-corrected chi connectivity index (χ1v) is 8.83. The van der Waals surface area contributed by atoms with Crippen molar-refractivity contribution in [2.75, 3.05) is 44.3 Å². The molecule has 0 unspecified atom stereocenters. The van der Waals surface area contributed by atoms with E-state index in [0.29, 0.717) is 5.75 Å². The number of thiocarbonyl (C=S) groups is 1. The molecule has 0 spiro atoms. The lowest BCUT2D eigenvalue weighted by Gasteiger charge is -2.33. The van der Waals surface area contributed by atoms with Crippen molar-refractivity contribution in [3.8, 4) is 0 Å². The minimum Gasteiger partial charge on any atom is -0.355 e. The fraction of sp³-hybridized carbons (Fsp3) is 0.500. The first-order valence-electron chi connectivity index (χ1n) is 7.43. The van der Waals surface area contributed by atoms with E-state index in [1.807, 2.05) is 32.0 Å². The normalized spacial score (nSPS) is 15.7. The van der Waals surface area contributed by atoms with Gasteiger partial charge in [0.1, 0.15) is 4.32 Å². The molecule has 1 aromatic rings. The molecule has 1 aromatic carbocycles. The summed E-state index contributed by atoms with van der Waals surface area (Å²) in [5, 5.41) is 2.97. The number of hydrogen-bond donors (Lipinski definition) is 1. The zero-order chi connectivity index (χ0) is 16.1. The molecule has 0 saturated carbocycles. The van der Waals surface area contributed by atoms with Gasteiger partial charge in [-0.05, 0) is 38.1 Å². The molecule has 1 fully saturated rings. The van der Waals surface area contributed by atoms with Crippen LogP contribution in [-0.4, -0.2) is 59.0 Å². The van der Waals surface area contributed by atoms with Gasteiger partial charge in [-0.1, -0.05) is 36.1 Å². The van der Waals surface area contributed by atoms with Gasteiger partial charge in [-0.15, -0.1) is 0 Å². The molecular formula is C16H23N3OS2. The van der Waals surface area contributed by atoms with E-state index in [9.17, 15) is 4.79 Å². The Morgan fingerprint density at radius 2 is 1.95 bits per heavy atom. The molecule has 0 atom stereocenters. The number of piperazine rings is 1. The largest absolute Gasteiger partial charge is 0.355 e. The Morgan fingerprint density at radius 3 is 2.64 bits per heavy atom. The van der Waals surface area contributed by atoms with Gasteiger partial charge >= 0.3 is 0 Å². The van der Waals surface area contributed by atoms with Crippen LogP contribution in [-0.2, 0) is 4.79 Å². The van der Waals surface area contributed by atoms with Crippen molar-refractivity contribution < 1.29 is 4.79 Å². The van der Waals surface area contributed by atoms with Gasteiger partial charge in [0.15, 0.2) is 0 Å². The van der Waals surface area contributed by atoms with Crippen LogP contribution in [0.25, 0.3) is 0 Å². The number of likely N-dealkylation sites (N-methyl/N-ethyl adjacent to an activating group) is 1. The quantitative estimate of drug-likeness (QED) is 0.858. The summed E-state index contributed by atoms with van der Waals surface area (Å²) in [4.78, 5) is 16.6. The number of benzene rings is 1. The van der Waals surface area contributed by atoms with Gasteiger partial charge in [0, 0.05) is 31.9 Å². The molecule has 1 amide bonds. The Morgan fingerprint density at radius 1 is 1.27 bits per heavy atom. The summed E-state index contributed by atoms with van der Waals surface area (Å²) in [6, 6.07) is 5.94. The second-order valence-electron chi connectivity index (χ2n) is 5.64. The third-order valence-electron chi connectivity index (χ3n) is 3.97. The number of hydrogen-bond acceptors (Lipinski definition) is 4. The van der Waals surface area contributed by atoms with Gasteiger partial charge < -0.3 is 15.1 Å². The number of anilines is 1. The van der Waals surface area contributed by atoms with Crippen LogP contribution in [0.4, 0.5) is 5.69 Å². The van der Waals surface area contributed by atoms with Crippen LogP contribution in [0, 0.1) is 13.8 Å². The predicted octanol–water partition coefficient (Wildman–Crippen LogP) is 2.51. The molecule has 2 rings (SSSR count). The number of nitrogens with one attached hydrogen (secondary N) is 1. The third-order valence-corrected chi connectivity index (χ3v) is 5.49.